The van der Waals surface area contributed by atoms with Gasteiger partial charge in [-0.3, -0.25) is 0 Å². The number of carbonyl (C=O) groups is 1. The Kier molecular flexibility index (Phi) is 4.59. The Morgan fingerprint density at radius 2 is 2.12 bits per heavy atom. The number of rotatable bonds is 4. The molecule has 1 aromatic heterocycles. The van der Waals surface area contributed by atoms with E-state index in [1.54, 1.807) is 18.9 Å². The molecule has 0 fully saturated rings. The highest BCUT2D eigenvalue weighted by Crippen LogP contribution is 2.48. The van der Waals surface area contributed by atoms with Crippen LogP contribution in [0.1, 0.15) is 41.5 Å². The first-order valence-corrected chi connectivity index (χ1v) is 9.68. The lowest BCUT2D eigenvalue weighted by molar-refractivity contribution is 0.0518. The van der Waals surface area contributed by atoms with E-state index in [9.17, 15) is 4.79 Å². The highest BCUT2D eigenvalue weighted by atomic mass is 32.2. The summed E-state index contributed by atoms with van der Waals surface area (Å²) in [5.74, 6) is 1.32. The zero-order valence-corrected chi connectivity index (χ0v) is 15.6. The van der Waals surface area contributed by atoms with Crippen LogP contribution in [0.3, 0.4) is 0 Å². The molecule has 2 heterocycles. The minimum atomic E-state index is -0.366. The second kappa shape index (κ2) is 7.03. The lowest BCUT2D eigenvalue weighted by atomic mass is 9.98. The topological polar surface area (TPSA) is 53.3 Å². The molecule has 6 heteroatoms. The van der Waals surface area contributed by atoms with Crippen LogP contribution < -0.4 is 0 Å². The number of benzene rings is 1. The van der Waals surface area contributed by atoms with Crippen LogP contribution in [0.25, 0.3) is 11.3 Å². The molecule has 0 radical (unpaired) electrons. The summed E-state index contributed by atoms with van der Waals surface area (Å²) in [7, 11) is 1.72. The van der Waals surface area contributed by atoms with Gasteiger partial charge in [0, 0.05) is 23.3 Å². The number of allylic oxidation sites excluding steroid dienone is 3. The number of fused-ring (bicyclic) bond motifs is 3. The van der Waals surface area contributed by atoms with Crippen molar-refractivity contribution in [2.45, 2.75) is 25.5 Å². The standard InChI is InChI=1S/C20H20N2O3S/c1-3-25-20(23)17-15-12-26-19-14(10-7-11-16(19)24-2)18(15)22(21-17)13-8-5-4-6-9-13/h4-6,8-10H,3,7,11-12H2,1-2H3. The third-order valence-corrected chi connectivity index (χ3v) is 5.70. The number of thioether (sulfide) groups is 1. The Hall–Kier alpha value is -2.47. The molecule has 134 valence electrons. The number of hydrogen-bond donors (Lipinski definition) is 0. The fraction of sp³-hybridized carbons (Fsp3) is 0.300. The minimum absolute atomic E-state index is 0.334. The molecule has 0 N–H and O–H groups in total. The van der Waals surface area contributed by atoms with Crippen molar-refractivity contribution >= 4 is 23.3 Å². The molecule has 26 heavy (non-hydrogen) atoms. The summed E-state index contributed by atoms with van der Waals surface area (Å²) in [5.41, 5.74) is 4.34. The van der Waals surface area contributed by atoms with E-state index in [0.29, 0.717) is 18.1 Å². The van der Waals surface area contributed by atoms with Crippen molar-refractivity contribution in [2.24, 2.45) is 0 Å². The normalized spacial score (nSPS) is 15.8. The van der Waals surface area contributed by atoms with E-state index < -0.39 is 0 Å². The predicted octanol–water partition coefficient (Wildman–Crippen LogP) is 4.33. The molecule has 5 nitrogen and oxygen atoms in total. The molecule has 0 saturated carbocycles. The Morgan fingerprint density at radius 3 is 2.85 bits per heavy atom. The average molecular weight is 368 g/mol. The maximum atomic E-state index is 12.5. The van der Waals surface area contributed by atoms with E-state index in [0.717, 1.165) is 46.0 Å². The van der Waals surface area contributed by atoms with Gasteiger partial charge in [-0.2, -0.15) is 5.10 Å². The van der Waals surface area contributed by atoms with Gasteiger partial charge < -0.3 is 9.47 Å². The molecular formula is C20H20N2O3S. The van der Waals surface area contributed by atoms with Crippen molar-refractivity contribution in [1.82, 2.24) is 9.78 Å². The molecule has 1 aromatic carbocycles. The third-order valence-electron chi connectivity index (χ3n) is 4.53. The van der Waals surface area contributed by atoms with Crippen LogP contribution in [0.15, 0.2) is 47.1 Å². The van der Waals surface area contributed by atoms with E-state index in [-0.39, 0.29) is 5.97 Å². The molecular weight excluding hydrogens is 348 g/mol. The largest absolute Gasteiger partial charge is 0.500 e. The summed E-state index contributed by atoms with van der Waals surface area (Å²) in [6.45, 7) is 2.14. The van der Waals surface area contributed by atoms with Gasteiger partial charge >= 0.3 is 5.97 Å². The van der Waals surface area contributed by atoms with Gasteiger partial charge in [0.2, 0.25) is 0 Å². The highest BCUT2D eigenvalue weighted by Gasteiger charge is 2.34. The molecule has 2 aromatic rings. The maximum absolute atomic E-state index is 12.5. The van der Waals surface area contributed by atoms with Gasteiger partial charge in [0.1, 0.15) is 5.76 Å². The number of esters is 1. The van der Waals surface area contributed by atoms with Crippen LogP contribution in [0, 0.1) is 0 Å². The average Bonchev–Trinajstić information content (AvgIpc) is 3.08. The lowest BCUT2D eigenvalue weighted by Crippen LogP contribution is -2.12. The smallest absolute Gasteiger partial charge is 0.359 e. The number of carbonyl (C=O) groups excluding carboxylic acids is 1. The summed E-state index contributed by atoms with van der Waals surface area (Å²) in [6.07, 6.45) is 4.04. The molecule has 0 atom stereocenters. The van der Waals surface area contributed by atoms with Gasteiger partial charge in [-0.05, 0) is 25.5 Å². The van der Waals surface area contributed by atoms with Crippen molar-refractivity contribution < 1.29 is 14.3 Å². The number of ether oxygens (including phenoxy) is 2. The Labute approximate surface area is 156 Å². The van der Waals surface area contributed by atoms with E-state index >= 15 is 0 Å². The summed E-state index contributed by atoms with van der Waals surface area (Å²) in [5, 5.41) is 4.65. The first-order chi connectivity index (χ1) is 12.7. The van der Waals surface area contributed by atoms with Gasteiger partial charge in [-0.25, -0.2) is 9.48 Å². The third kappa shape index (κ3) is 2.74. The quantitative estimate of drug-likeness (QED) is 0.752. The number of aromatic nitrogens is 2. The van der Waals surface area contributed by atoms with Gasteiger partial charge in [0.25, 0.3) is 0 Å². The fourth-order valence-electron chi connectivity index (χ4n) is 3.39. The lowest BCUT2D eigenvalue weighted by Gasteiger charge is -2.26. The number of nitrogens with zero attached hydrogens (tertiary/aromatic N) is 2. The number of hydrogen-bond acceptors (Lipinski definition) is 5. The van der Waals surface area contributed by atoms with E-state index in [1.807, 2.05) is 41.9 Å². The Balaban J connectivity index is 1.93. The molecule has 0 spiro atoms. The molecule has 0 bridgehead atoms. The van der Waals surface area contributed by atoms with Gasteiger partial charge in [-0.1, -0.05) is 24.3 Å². The van der Waals surface area contributed by atoms with Crippen molar-refractivity contribution in [1.29, 1.82) is 0 Å². The van der Waals surface area contributed by atoms with Crippen LogP contribution in [-0.4, -0.2) is 29.5 Å². The fourth-order valence-corrected chi connectivity index (χ4v) is 4.63. The molecule has 2 aliphatic rings. The van der Waals surface area contributed by atoms with Crippen LogP contribution >= 0.6 is 11.8 Å². The summed E-state index contributed by atoms with van der Waals surface area (Å²) >= 11 is 1.71. The van der Waals surface area contributed by atoms with Crippen LogP contribution in [0.5, 0.6) is 0 Å². The maximum Gasteiger partial charge on any atom is 0.359 e. The number of methoxy groups -OCH3 is 1. The van der Waals surface area contributed by atoms with Crippen molar-refractivity contribution in [3.8, 4) is 5.69 Å². The monoisotopic (exact) mass is 368 g/mol. The first-order valence-electron chi connectivity index (χ1n) is 8.69. The van der Waals surface area contributed by atoms with Crippen LogP contribution in [0.2, 0.25) is 0 Å². The Morgan fingerprint density at radius 1 is 1.31 bits per heavy atom. The number of para-hydroxylation sites is 1. The molecule has 0 unspecified atom stereocenters. The highest BCUT2D eigenvalue weighted by molar-refractivity contribution is 8.03. The second-order valence-electron chi connectivity index (χ2n) is 6.05. The molecule has 0 saturated heterocycles. The predicted molar refractivity (Wildman–Crippen MR) is 102 cm³/mol. The molecule has 1 aliphatic heterocycles. The summed E-state index contributed by atoms with van der Waals surface area (Å²) in [4.78, 5) is 13.6. The summed E-state index contributed by atoms with van der Waals surface area (Å²) < 4.78 is 12.7. The first kappa shape index (κ1) is 17.0. The molecule has 4 rings (SSSR count). The Bertz CT molecular complexity index is 913. The van der Waals surface area contributed by atoms with Gasteiger partial charge in [-0.15, -0.1) is 11.8 Å². The zero-order valence-electron chi connectivity index (χ0n) is 14.8. The van der Waals surface area contributed by atoms with Crippen LogP contribution in [0.4, 0.5) is 0 Å². The summed E-state index contributed by atoms with van der Waals surface area (Å²) in [6, 6.07) is 9.90. The molecule has 0 amide bonds. The van der Waals surface area contributed by atoms with E-state index in [1.165, 1.54) is 0 Å². The van der Waals surface area contributed by atoms with Crippen LogP contribution in [-0.2, 0) is 15.2 Å². The minimum Gasteiger partial charge on any atom is -0.500 e. The van der Waals surface area contributed by atoms with Crippen molar-refractivity contribution in [3.05, 3.63) is 64.0 Å². The SMILES string of the molecule is CCOC(=O)c1nn(-c2ccccc2)c2c1CSC1=C(OC)CCC=C12. The van der Waals surface area contributed by atoms with E-state index in [2.05, 4.69) is 11.2 Å². The van der Waals surface area contributed by atoms with Crippen molar-refractivity contribution in [2.75, 3.05) is 13.7 Å². The van der Waals surface area contributed by atoms with E-state index in [4.69, 9.17) is 9.47 Å². The zero-order chi connectivity index (χ0) is 18.1. The van der Waals surface area contributed by atoms with Crippen molar-refractivity contribution in [3.63, 3.8) is 0 Å². The van der Waals surface area contributed by atoms with Gasteiger partial charge in [0.15, 0.2) is 5.69 Å². The second-order valence-corrected chi connectivity index (χ2v) is 7.03. The van der Waals surface area contributed by atoms with Gasteiger partial charge in [0.05, 0.1) is 30.0 Å². The molecule has 1 aliphatic carbocycles.